The number of benzene rings is 1. The van der Waals surface area contributed by atoms with Gasteiger partial charge in [0.2, 0.25) is 0 Å². The lowest BCUT2D eigenvalue weighted by molar-refractivity contribution is 0.623. The number of hydrogen-bond acceptors (Lipinski definition) is 4. The molecule has 0 saturated heterocycles. The highest BCUT2D eigenvalue weighted by atomic mass is 15.2. The van der Waals surface area contributed by atoms with Crippen molar-refractivity contribution in [3.8, 4) is 0 Å². The minimum Gasteiger partial charge on any atom is -0.271 e. The molecule has 4 nitrogen and oxygen atoms in total. The van der Waals surface area contributed by atoms with Gasteiger partial charge in [0.25, 0.3) is 0 Å². The third-order valence-electron chi connectivity index (χ3n) is 3.37. The average molecular weight is 264 g/mol. The van der Waals surface area contributed by atoms with Gasteiger partial charge in [-0.15, -0.1) is 0 Å². The maximum atomic E-state index is 5.76. The lowest BCUT2D eigenvalue weighted by Gasteiger charge is -2.17. The molecule has 3 aromatic rings. The predicted molar refractivity (Wildman–Crippen MR) is 79.9 cm³/mol. The standard InChI is InChI=1S/C16H16N4/c1-11-8-13(10-18-9-11)15(20-17)16-14-5-3-2-4-12(14)6-7-19-16/h2-10,15,20H,17H2,1H3. The van der Waals surface area contributed by atoms with E-state index in [0.717, 1.165) is 27.6 Å². The Hall–Kier alpha value is -2.30. The Morgan fingerprint density at radius 2 is 2.00 bits per heavy atom. The number of nitrogens with one attached hydrogen (secondary N) is 1. The van der Waals surface area contributed by atoms with Crippen molar-refractivity contribution in [2.24, 2.45) is 5.84 Å². The minimum absolute atomic E-state index is 0.173. The molecule has 0 spiro atoms. The van der Waals surface area contributed by atoms with E-state index < -0.39 is 0 Å². The molecule has 2 aromatic heterocycles. The number of nitrogens with two attached hydrogens (primary N) is 1. The number of aryl methyl sites for hydroxylation is 1. The summed E-state index contributed by atoms with van der Waals surface area (Å²) in [6, 6.07) is 12.1. The van der Waals surface area contributed by atoms with Crippen LogP contribution >= 0.6 is 0 Å². The summed E-state index contributed by atoms with van der Waals surface area (Å²) < 4.78 is 0. The van der Waals surface area contributed by atoms with E-state index in [2.05, 4.69) is 33.6 Å². The molecule has 1 atom stereocenters. The van der Waals surface area contributed by atoms with Crippen molar-refractivity contribution in [2.45, 2.75) is 13.0 Å². The van der Waals surface area contributed by atoms with Crippen LogP contribution in [-0.4, -0.2) is 9.97 Å². The van der Waals surface area contributed by atoms with Crippen molar-refractivity contribution in [3.63, 3.8) is 0 Å². The van der Waals surface area contributed by atoms with Gasteiger partial charge in [-0.05, 0) is 29.5 Å². The molecule has 1 aromatic carbocycles. The molecule has 0 amide bonds. The summed E-state index contributed by atoms with van der Waals surface area (Å²) in [5, 5.41) is 2.25. The quantitative estimate of drug-likeness (QED) is 0.563. The fourth-order valence-electron chi connectivity index (χ4n) is 2.44. The van der Waals surface area contributed by atoms with Crippen molar-refractivity contribution in [3.05, 3.63) is 71.8 Å². The van der Waals surface area contributed by atoms with Crippen LogP contribution in [0.4, 0.5) is 0 Å². The number of aromatic nitrogens is 2. The van der Waals surface area contributed by atoms with E-state index >= 15 is 0 Å². The van der Waals surface area contributed by atoms with E-state index in [1.54, 1.807) is 0 Å². The van der Waals surface area contributed by atoms with Crippen LogP contribution in [-0.2, 0) is 0 Å². The summed E-state index contributed by atoms with van der Waals surface area (Å²) in [5.74, 6) is 5.76. The van der Waals surface area contributed by atoms with Gasteiger partial charge in [-0.3, -0.25) is 15.8 Å². The second kappa shape index (κ2) is 5.36. The smallest absolute Gasteiger partial charge is 0.0902 e. The highest BCUT2D eigenvalue weighted by Crippen LogP contribution is 2.26. The fourth-order valence-corrected chi connectivity index (χ4v) is 2.44. The first-order chi connectivity index (χ1) is 9.79. The van der Waals surface area contributed by atoms with Crippen LogP contribution in [0.25, 0.3) is 10.8 Å². The molecule has 4 heteroatoms. The number of nitrogens with zero attached hydrogens (tertiary/aromatic N) is 2. The lowest BCUT2D eigenvalue weighted by Crippen LogP contribution is -2.29. The Morgan fingerprint density at radius 3 is 2.80 bits per heavy atom. The lowest BCUT2D eigenvalue weighted by atomic mass is 9.99. The van der Waals surface area contributed by atoms with Gasteiger partial charge in [0, 0.05) is 24.0 Å². The van der Waals surface area contributed by atoms with Crippen LogP contribution in [0, 0.1) is 6.92 Å². The van der Waals surface area contributed by atoms with Crippen LogP contribution in [0.2, 0.25) is 0 Å². The van der Waals surface area contributed by atoms with Crippen LogP contribution in [0.3, 0.4) is 0 Å². The topological polar surface area (TPSA) is 63.8 Å². The largest absolute Gasteiger partial charge is 0.271 e. The summed E-state index contributed by atoms with van der Waals surface area (Å²) in [6.45, 7) is 2.01. The molecular weight excluding hydrogens is 248 g/mol. The van der Waals surface area contributed by atoms with Crippen LogP contribution in [0.1, 0.15) is 22.9 Å². The first kappa shape index (κ1) is 12.7. The summed E-state index contributed by atoms with van der Waals surface area (Å²) in [6.07, 6.45) is 5.46. The Kier molecular flexibility index (Phi) is 3.41. The molecule has 0 aliphatic heterocycles. The van der Waals surface area contributed by atoms with Gasteiger partial charge in [-0.1, -0.05) is 30.3 Å². The van der Waals surface area contributed by atoms with E-state index in [9.17, 15) is 0 Å². The molecule has 0 bridgehead atoms. The fraction of sp³-hybridized carbons (Fsp3) is 0.125. The average Bonchev–Trinajstić information content (AvgIpc) is 2.48. The zero-order chi connectivity index (χ0) is 13.9. The highest BCUT2D eigenvalue weighted by Gasteiger charge is 2.17. The highest BCUT2D eigenvalue weighted by molar-refractivity contribution is 5.85. The van der Waals surface area contributed by atoms with E-state index in [1.807, 2.05) is 43.7 Å². The molecule has 0 radical (unpaired) electrons. The van der Waals surface area contributed by atoms with Gasteiger partial charge >= 0.3 is 0 Å². The van der Waals surface area contributed by atoms with E-state index in [-0.39, 0.29) is 6.04 Å². The van der Waals surface area contributed by atoms with E-state index in [1.165, 1.54) is 0 Å². The molecule has 100 valence electrons. The number of pyridine rings is 2. The summed E-state index contributed by atoms with van der Waals surface area (Å²) in [4.78, 5) is 8.75. The molecule has 0 fully saturated rings. The molecule has 0 aliphatic rings. The Balaban J connectivity index is 2.17. The van der Waals surface area contributed by atoms with Crippen LogP contribution in [0.15, 0.2) is 55.0 Å². The molecule has 1 unspecified atom stereocenters. The van der Waals surface area contributed by atoms with Gasteiger partial charge < -0.3 is 0 Å². The van der Waals surface area contributed by atoms with Crippen molar-refractivity contribution < 1.29 is 0 Å². The summed E-state index contributed by atoms with van der Waals surface area (Å²) >= 11 is 0. The number of hydrazine groups is 1. The van der Waals surface area contributed by atoms with Gasteiger partial charge in [-0.25, -0.2) is 5.43 Å². The van der Waals surface area contributed by atoms with E-state index in [0.29, 0.717) is 0 Å². The molecular formula is C16H16N4. The molecule has 20 heavy (non-hydrogen) atoms. The monoisotopic (exact) mass is 264 g/mol. The maximum absolute atomic E-state index is 5.76. The predicted octanol–water partition coefficient (Wildman–Crippen LogP) is 2.49. The van der Waals surface area contributed by atoms with Crippen molar-refractivity contribution >= 4 is 10.8 Å². The Bertz CT molecular complexity index is 734. The van der Waals surface area contributed by atoms with Crippen molar-refractivity contribution in [1.82, 2.24) is 15.4 Å². The summed E-state index contributed by atoms with van der Waals surface area (Å²) in [7, 11) is 0. The van der Waals surface area contributed by atoms with Gasteiger partial charge in [0.05, 0.1) is 11.7 Å². The van der Waals surface area contributed by atoms with Gasteiger partial charge in [-0.2, -0.15) is 0 Å². The number of rotatable bonds is 3. The first-order valence-corrected chi connectivity index (χ1v) is 6.51. The van der Waals surface area contributed by atoms with Crippen molar-refractivity contribution in [2.75, 3.05) is 0 Å². The van der Waals surface area contributed by atoms with Crippen LogP contribution in [0.5, 0.6) is 0 Å². The molecule has 0 aliphatic carbocycles. The third-order valence-corrected chi connectivity index (χ3v) is 3.37. The minimum atomic E-state index is -0.173. The molecule has 0 saturated carbocycles. The molecule has 3 N–H and O–H groups in total. The zero-order valence-electron chi connectivity index (χ0n) is 11.2. The Labute approximate surface area is 117 Å². The third kappa shape index (κ3) is 2.27. The normalized spacial score (nSPS) is 12.5. The van der Waals surface area contributed by atoms with Gasteiger partial charge in [0.15, 0.2) is 0 Å². The number of hydrogen-bond donors (Lipinski definition) is 2. The molecule has 3 rings (SSSR count). The first-order valence-electron chi connectivity index (χ1n) is 6.51. The van der Waals surface area contributed by atoms with E-state index in [4.69, 9.17) is 5.84 Å². The Morgan fingerprint density at radius 1 is 1.15 bits per heavy atom. The van der Waals surface area contributed by atoms with Gasteiger partial charge in [0.1, 0.15) is 0 Å². The van der Waals surface area contributed by atoms with Crippen LogP contribution < -0.4 is 11.3 Å². The maximum Gasteiger partial charge on any atom is 0.0902 e. The zero-order valence-corrected chi connectivity index (χ0v) is 11.2. The molecule has 2 heterocycles. The SMILES string of the molecule is Cc1cncc(C(NN)c2nccc3ccccc23)c1. The second-order valence-electron chi connectivity index (χ2n) is 4.81. The summed E-state index contributed by atoms with van der Waals surface area (Å²) in [5.41, 5.74) is 5.88. The number of fused-ring (bicyclic) bond motifs is 1. The van der Waals surface area contributed by atoms with Crippen molar-refractivity contribution in [1.29, 1.82) is 0 Å². The second-order valence-corrected chi connectivity index (χ2v) is 4.81.